The van der Waals surface area contributed by atoms with Crippen molar-refractivity contribution in [1.82, 2.24) is 4.98 Å². The molecule has 0 aliphatic carbocycles. The van der Waals surface area contributed by atoms with E-state index in [0.717, 1.165) is 5.56 Å². The number of sulfone groups is 1. The number of aryl methyl sites for hydroxylation is 1. The van der Waals surface area contributed by atoms with Gasteiger partial charge < -0.3 is 15.5 Å². The summed E-state index contributed by atoms with van der Waals surface area (Å²) in [4.78, 5) is 3.37. The molecule has 0 aliphatic heterocycles. The molecule has 0 amide bonds. The largest absolute Gasteiger partial charge is 0.454 e. The number of rotatable bonds is 4. The van der Waals surface area contributed by atoms with Crippen molar-refractivity contribution in [2.45, 2.75) is 16.7 Å². The topological polar surface area (TPSA) is 85.2 Å². The lowest BCUT2D eigenvalue weighted by molar-refractivity contribution is 0.484. The molecule has 148 valence electrons. The van der Waals surface area contributed by atoms with Gasteiger partial charge in [0.1, 0.15) is 10.8 Å². The van der Waals surface area contributed by atoms with Gasteiger partial charge in [0, 0.05) is 17.1 Å². The molecule has 0 radical (unpaired) electrons. The second-order valence-electron chi connectivity index (χ2n) is 6.56. The van der Waals surface area contributed by atoms with Crippen molar-refractivity contribution in [3.05, 3.63) is 76.4 Å². The molecule has 0 fully saturated rings. The number of nitrogen functional groups attached to an aromatic ring is 1. The minimum atomic E-state index is -3.71. The summed E-state index contributed by atoms with van der Waals surface area (Å²) in [6.45, 7) is 1.90. The van der Waals surface area contributed by atoms with Gasteiger partial charge in [-0.25, -0.2) is 8.42 Å². The molecule has 29 heavy (non-hydrogen) atoms. The van der Waals surface area contributed by atoms with Crippen molar-refractivity contribution >= 4 is 49.6 Å². The van der Waals surface area contributed by atoms with Gasteiger partial charge in [-0.3, -0.25) is 0 Å². The number of anilines is 1. The third-order valence-corrected chi connectivity index (χ3v) is 7.03. The minimum absolute atomic E-state index is 0.159. The third kappa shape index (κ3) is 3.55. The molecule has 5 nitrogen and oxygen atoms in total. The van der Waals surface area contributed by atoms with Crippen LogP contribution in [0.25, 0.3) is 10.9 Å². The van der Waals surface area contributed by atoms with Gasteiger partial charge in [-0.05, 0) is 49.4 Å². The summed E-state index contributed by atoms with van der Waals surface area (Å²) >= 11 is 12.4. The average Bonchev–Trinajstić information content (AvgIpc) is 3.13. The minimum Gasteiger partial charge on any atom is -0.454 e. The van der Waals surface area contributed by atoms with Crippen LogP contribution in [-0.2, 0) is 9.84 Å². The van der Waals surface area contributed by atoms with Gasteiger partial charge in [0.25, 0.3) is 0 Å². The quantitative estimate of drug-likeness (QED) is 0.377. The van der Waals surface area contributed by atoms with Gasteiger partial charge in [-0.15, -0.1) is 0 Å². The lowest BCUT2D eigenvalue weighted by Gasteiger charge is -2.11. The molecule has 1 heterocycles. The molecule has 0 saturated carbocycles. The fraction of sp³-hybridized carbons (Fsp3) is 0.0476. The summed E-state index contributed by atoms with van der Waals surface area (Å²) in [5.74, 6) is 0.595. The van der Waals surface area contributed by atoms with Gasteiger partial charge in [0.2, 0.25) is 9.84 Å². The van der Waals surface area contributed by atoms with E-state index in [9.17, 15) is 8.42 Å². The standard InChI is InChI=1S/C21H16Cl2N2O3S/c1-12-2-5-14(6-3-12)29(26,27)19-11-25-18-9-4-13(10-15(18)19)28-21-16(22)7-8-17(24)20(21)23/h2-11,25H,24H2,1H3. The maximum absolute atomic E-state index is 13.1. The highest BCUT2D eigenvalue weighted by Gasteiger charge is 2.22. The van der Waals surface area contributed by atoms with Gasteiger partial charge in [0.15, 0.2) is 5.75 Å². The number of aromatic nitrogens is 1. The molecule has 0 spiro atoms. The van der Waals surface area contributed by atoms with E-state index in [0.29, 0.717) is 27.4 Å². The van der Waals surface area contributed by atoms with Crippen molar-refractivity contribution < 1.29 is 13.2 Å². The fourth-order valence-electron chi connectivity index (χ4n) is 2.96. The summed E-state index contributed by atoms with van der Waals surface area (Å²) in [6.07, 6.45) is 1.48. The normalized spacial score (nSPS) is 11.7. The van der Waals surface area contributed by atoms with Gasteiger partial charge in [-0.1, -0.05) is 40.9 Å². The highest BCUT2D eigenvalue weighted by atomic mass is 35.5. The Morgan fingerprint density at radius 1 is 1.00 bits per heavy atom. The number of hydrogen-bond acceptors (Lipinski definition) is 4. The van der Waals surface area contributed by atoms with Crippen LogP contribution in [0.2, 0.25) is 10.0 Å². The maximum Gasteiger partial charge on any atom is 0.208 e. The molecule has 8 heteroatoms. The molecular formula is C21H16Cl2N2O3S. The lowest BCUT2D eigenvalue weighted by atomic mass is 10.2. The van der Waals surface area contributed by atoms with Crippen LogP contribution in [0.4, 0.5) is 5.69 Å². The van der Waals surface area contributed by atoms with Crippen molar-refractivity contribution in [1.29, 1.82) is 0 Å². The van der Waals surface area contributed by atoms with Crippen molar-refractivity contribution in [2.75, 3.05) is 5.73 Å². The van der Waals surface area contributed by atoms with Crippen molar-refractivity contribution in [3.63, 3.8) is 0 Å². The number of nitrogens with two attached hydrogens (primary N) is 1. The Kier molecular flexibility index (Phi) is 4.94. The number of fused-ring (bicyclic) bond motifs is 1. The van der Waals surface area contributed by atoms with E-state index in [4.69, 9.17) is 33.7 Å². The lowest BCUT2D eigenvalue weighted by Crippen LogP contribution is -2.01. The zero-order valence-electron chi connectivity index (χ0n) is 15.2. The molecule has 3 aromatic carbocycles. The Hall–Kier alpha value is -2.67. The Morgan fingerprint density at radius 3 is 2.45 bits per heavy atom. The van der Waals surface area contributed by atoms with E-state index in [1.807, 2.05) is 6.92 Å². The van der Waals surface area contributed by atoms with Crippen LogP contribution < -0.4 is 10.5 Å². The zero-order valence-corrected chi connectivity index (χ0v) is 17.6. The van der Waals surface area contributed by atoms with Crippen molar-refractivity contribution in [3.8, 4) is 11.5 Å². The molecule has 4 aromatic rings. The Morgan fingerprint density at radius 2 is 1.72 bits per heavy atom. The number of aromatic amines is 1. The number of ether oxygens (including phenoxy) is 1. The molecule has 0 aliphatic rings. The highest BCUT2D eigenvalue weighted by molar-refractivity contribution is 7.91. The predicted molar refractivity (Wildman–Crippen MR) is 116 cm³/mol. The molecule has 0 saturated heterocycles. The summed E-state index contributed by atoms with van der Waals surface area (Å²) in [6, 6.07) is 14.9. The van der Waals surface area contributed by atoms with E-state index in [1.54, 1.807) is 54.6 Å². The smallest absolute Gasteiger partial charge is 0.208 e. The van der Waals surface area contributed by atoms with Crippen LogP contribution in [0.1, 0.15) is 5.56 Å². The molecule has 0 unspecified atom stereocenters. The average molecular weight is 447 g/mol. The first kappa shape index (κ1) is 19.6. The Labute approximate surface area is 177 Å². The van der Waals surface area contributed by atoms with E-state index in [-0.39, 0.29) is 20.6 Å². The number of halogens is 2. The zero-order chi connectivity index (χ0) is 20.8. The Balaban J connectivity index is 1.80. The molecular weight excluding hydrogens is 431 g/mol. The van der Waals surface area contributed by atoms with Crippen molar-refractivity contribution in [2.24, 2.45) is 0 Å². The van der Waals surface area contributed by atoms with Gasteiger partial charge in [-0.2, -0.15) is 0 Å². The first-order valence-corrected chi connectivity index (χ1v) is 10.9. The van der Waals surface area contributed by atoms with Crippen LogP contribution in [0.15, 0.2) is 70.6 Å². The van der Waals surface area contributed by atoms with Crippen LogP contribution in [0.5, 0.6) is 11.5 Å². The Bertz CT molecular complexity index is 1330. The summed E-state index contributed by atoms with van der Waals surface area (Å²) in [7, 11) is -3.71. The highest BCUT2D eigenvalue weighted by Crippen LogP contribution is 2.40. The molecule has 1 aromatic heterocycles. The first-order valence-electron chi connectivity index (χ1n) is 8.61. The van der Waals surface area contributed by atoms with Crippen LogP contribution in [-0.4, -0.2) is 13.4 Å². The van der Waals surface area contributed by atoms with E-state index >= 15 is 0 Å². The fourth-order valence-corrected chi connectivity index (χ4v) is 4.83. The van der Waals surface area contributed by atoms with Crippen LogP contribution in [0, 0.1) is 6.92 Å². The first-order chi connectivity index (χ1) is 13.8. The third-order valence-electron chi connectivity index (χ3n) is 4.53. The SMILES string of the molecule is Cc1ccc(S(=O)(=O)c2c[nH]c3ccc(Oc4c(Cl)ccc(N)c4Cl)cc23)cc1. The summed E-state index contributed by atoms with van der Waals surface area (Å²) in [5.41, 5.74) is 7.79. The molecule has 3 N–H and O–H groups in total. The number of hydrogen-bond donors (Lipinski definition) is 2. The van der Waals surface area contributed by atoms with Crippen LogP contribution in [0.3, 0.4) is 0 Å². The predicted octanol–water partition coefficient (Wildman–Crippen LogP) is 5.99. The van der Waals surface area contributed by atoms with Gasteiger partial charge >= 0.3 is 0 Å². The second-order valence-corrected chi connectivity index (χ2v) is 9.26. The second kappa shape index (κ2) is 7.30. The molecule has 0 atom stereocenters. The summed E-state index contributed by atoms with van der Waals surface area (Å²) in [5, 5.41) is 0.990. The molecule has 4 rings (SSSR count). The number of benzene rings is 3. The monoisotopic (exact) mass is 446 g/mol. The van der Waals surface area contributed by atoms with Gasteiger partial charge in [0.05, 0.1) is 20.5 Å². The molecule has 0 bridgehead atoms. The van der Waals surface area contributed by atoms with E-state index < -0.39 is 9.84 Å². The maximum atomic E-state index is 13.1. The van der Waals surface area contributed by atoms with Crippen LogP contribution >= 0.6 is 23.2 Å². The number of H-pyrrole nitrogens is 1. The number of nitrogens with one attached hydrogen (secondary N) is 1. The summed E-state index contributed by atoms with van der Waals surface area (Å²) < 4.78 is 32.1. The van der Waals surface area contributed by atoms with E-state index in [1.165, 1.54) is 6.20 Å². The van der Waals surface area contributed by atoms with E-state index in [2.05, 4.69) is 4.98 Å².